The Morgan fingerprint density at radius 3 is 2.90 bits per heavy atom. The molecule has 30 heavy (non-hydrogen) atoms. The first-order valence-corrected chi connectivity index (χ1v) is 9.98. The van der Waals surface area contributed by atoms with Gasteiger partial charge in [-0.3, -0.25) is 14.9 Å². The van der Waals surface area contributed by atoms with Crippen molar-refractivity contribution < 1.29 is 9.59 Å². The first-order chi connectivity index (χ1) is 14.6. The predicted molar refractivity (Wildman–Crippen MR) is 117 cm³/mol. The lowest BCUT2D eigenvalue weighted by Gasteiger charge is -2.01. The SMILES string of the molecule is Cc1cccc(C(=O)Nc2nnc(CC(=O)N/N=C\c3c[nH]c4ccccc34)s2)c1. The maximum Gasteiger partial charge on any atom is 0.257 e. The van der Waals surface area contributed by atoms with Crippen molar-refractivity contribution in [2.45, 2.75) is 13.3 Å². The van der Waals surface area contributed by atoms with Crippen LogP contribution in [0.2, 0.25) is 0 Å². The first kappa shape index (κ1) is 19.5. The van der Waals surface area contributed by atoms with Crippen LogP contribution in [0, 0.1) is 6.92 Å². The maximum atomic E-state index is 12.3. The molecule has 0 aliphatic carbocycles. The Morgan fingerprint density at radius 1 is 1.17 bits per heavy atom. The average Bonchev–Trinajstić information content (AvgIpc) is 3.35. The number of aromatic nitrogens is 3. The molecule has 4 rings (SSSR count). The van der Waals surface area contributed by atoms with Gasteiger partial charge in [-0.05, 0) is 25.1 Å². The van der Waals surface area contributed by atoms with Crippen molar-refractivity contribution in [2.75, 3.05) is 5.32 Å². The van der Waals surface area contributed by atoms with E-state index in [-0.39, 0.29) is 18.2 Å². The maximum absolute atomic E-state index is 12.3. The Labute approximate surface area is 176 Å². The molecule has 0 aliphatic rings. The predicted octanol–water partition coefficient (Wildman–Crippen LogP) is 3.27. The normalized spacial score (nSPS) is 11.1. The summed E-state index contributed by atoms with van der Waals surface area (Å²) in [5.41, 5.74) is 5.89. The van der Waals surface area contributed by atoms with Gasteiger partial charge in [-0.25, -0.2) is 5.43 Å². The number of fused-ring (bicyclic) bond motifs is 1. The Kier molecular flexibility index (Phi) is 5.62. The summed E-state index contributed by atoms with van der Waals surface area (Å²) in [5.74, 6) is -0.590. The molecule has 0 saturated heterocycles. The minimum absolute atomic E-state index is 0.0171. The van der Waals surface area contributed by atoms with Gasteiger partial charge < -0.3 is 4.98 Å². The molecule has 0 saturated carbocycles. The first-order valence-electron chi connectivity index (χ1n) is 9.17. The van der Waals surface area contributed by atoms with Crippen LogP contribution in [0.1, 0.15) is 26.5 Å². The van der Waals surface area contributed by atoms with Crippen molar-refractivity contribution in [3.63, 3.8) is 0 Å². The van der Waals surface area contributed by atoms with Gasteiger partial charge in [0.05, 0.1) is 12.6 Å². The van der Waals surface area contributed by atoms with Gasteiger partial charge in [0.1, 0.15) is 5.01 Å². The van der Waals surface area contributed by atoms with E-state index in [1.54, 1.807) is 18.3 Å². The number of para-hydroxylation sites is 1. The van der Waals surface area contributed by atoms with Crippen LogP contribution in [0.5, 0.6) is 0 Å². The second-order valence-corrected chi connectivity index (χ2v) is 7.65. The summed E-state index contributed by atoms with van der Waals surface area (Å²) in [6, 6.07) is 15.1. The van der Waals surface area contributed by atoms with Gasteiger partial charge >= 0.3 is 0 Å². The van der Waals surface area contributed by atoms with E-state index in [0.29, 0.717) is 15.7 Å². The summed E-state index contributed by atoms with van der Waals surface area (Å²) in [6.07, 6.45) is 3.43. The monoisotopic (exact) mass is 418 g/mol. The Bertz CT molecular complexity index is 1240. The van der Waals surface area contributed by atoms with Crippen LogP contribution >= 0.6 is 11.3 Å². The summed E-state index contributed by atoms with van der Waals surface area (Å²) in [6.45, 7) is 1.92. The fourth-order valence-corrected chi connectivity index (χ4v) is 3.62. The summed E-state index contributed by atoms with van der Waals surface area (Å²) in [4.78, 5) is 27.5. The van der Waals surface area contributed by atoms with E-state index in [1.807, 2.05) is 49.5 Å². The molecule has 0 bridgehead atoms. The zero-order valence-electron chi connectivity index (χ0n) is 16.0. The smallest absolute Gasteiger partial charge is 0.257 e. The highest BCUT2D eigenvalue weighted by Crippen LogP contribution is 2.17. The molecule has 8 nitrogen and oxygen atoms in total. The number of hydrazone groups is 1. The fourth-order valence-electron chi connectivity index (χ4n) is 2.88. The number of carbonyl (C=O) groups excluding carboxylic acids is 2. The summed E-state index contributed by atoms with van der Waals surface area (Å²) in [5, 5.41) is 16.4. The van der Waals surface area contributed by atoms with E-state index in [0.717, 1.165) is 33.4 Å². The molecule has 2 heterocycles. The zero-order chi connectivity index (χ0) is 20.9. The lowest BCUT2D eigenvalue weighted by Crippen LogP contribution is -2.19. The topological polar surface area (TPSA) is 112 Å². The molecule has 0 aliphatic heterocycles. The zero-order valence-corrected chi connectivity index (χ0v) is 16.9. The van der Waals surface area contributed by atoms with Gasteiger partial charge in [-0.1, -0.05) is 47.2 Å². The standard InChI is InChI=1S/C21H18N6O2S/c1-13-5-4-6-14(9-13)20(29)24-21-27-26-19(30-21)10-18(28)25-23-12-15-11-22-17-8-3-2-7-16(15)17/h2-9,11-12,22H,10H2,1H3,(H,25,28)(H,24,27,29)/b23-12-. The Morgan fingerprint density at radius 2 is 2.03 bits per heavy atom. The molecule has 9 heteroatoms. The highest BCUT2D eigenvalue weighted by atomic mass is 32.1. The van der Waals surface area contributed by atoms with Crippen LogP contribution in [0.15, 0.2) is 59.8 Å². The van der Waals surface area contributed by atoms with E-state index in [9.17, 15) is 9.59 Å². The number of hydrogen-bond acceptors (Lipinski definition) is 6. The van der Waals surface area contributed by atoms with Gasteiger partial charge in [0.2, 0.25) is 11.0 Å². The lowest BCUT2D eigenvalue weighted by molar-refractivity contribution is -0.120. The van der Waals surface area contributed by atoms with E-state index in [1.165, 1.54) is 0 Å². The van der Waals surface area contributed by atoms with Crippen LogP contribution in [-0.4, -0.2) is 33.2 Å². The van der Waals surface area contributed by atoms with E-state index in [2.05, 4.69) is 31.0 Å². The second kappa shape index (κ2) is 8.66. The third-order valence-corrected chi connectivity index (χ3v) is 5.13. The molecule has 0 spiro atoms. The third kappa shape index (κ3) is 4.58. The van der Waals surface area contributed by atoms with Crippen LogP contribution < -0.4 is 10.7 Å². The molecule has 2 aromatic heterocycles. The largest absolute Gasteiger partial charge is 0.361 e. The summed E-state index contributed by atoms with van der Waals surface area (Å²) in [7, 11) is 0. The number of benzene rings is 2. The van der Waals surface area contributed by atoms with Gasteiger partial charge in [0.15, 0.2) is 0 Å². The minimum atomic E-state index is -0.321. The molecule has 2 amide bonds. The number of aryl methyl sites for hydroxylation is 1. The number of nitrogens with zero attached hydrogens (tertiary/aromatic N) is 3. The Hall–Kier alpha value is -3.85. The molecular formula is C21H18N6O2S. The van der Waals surface area contributed by atoms with E-state index in [4.69, 9.17) is 0 Å². The lowest BCUT2D eigenvalue weighted by atomic mass is 10.1. The molecule has 150 valence electrons. The number of H-pyrrole nitrogens is 1. The minimum Gasteiger partial charge on any atom is -0.361 e. The number of anilines is 1. The van der Waals surface area contributed by atoms with Gasteiger partial charge in [-0.15, -0.1) is 10.2 Å². The van der Waals surface area contributed by atoms with Crippen molar-refractivity contribution in [3.8, 4) is 0 Å². The van der Waals surface area contributed by atoms with E-state index < -0.39 is 0 Å². The number of hydrogen-bond donors (Lipinski definition) is 3. The molecule has 0 atom stereocenters. The van der Waals surface area contributed by atoms with Crippen LogP contribution in [-0.2, 0) is 11.2 Å². The molecule has 0 unspecified atom stereocenters. The number of aromatic amines is 1. The van der Waals surface area contributed by atoms with Crippen LogP contribution in [0.3, 0.4) is 0 Å². The number of rotatable bonds is 6. The van der Waals surface area contributed by atoms with Crippen molar-refractivity contribution in [3.05, 3.63) is 76.4 Å². The molecule has 0 radical (unpaired) electrons. The van der Waals surface area contributed by atoms with Gasteiger partial charge in [0.25, 0.3) is 5.91 Å². The van der Waals surface area contributed by atoms with Crippen molar-refractivity contribution in [1.82, 2.24) is 20.6 Å². The number of carbonyl (C=O) groups is 2. The van der Waals surface area contributed by atoms with Crippen molar-refractivity contribution >= 4 is 45.4 Å². The quantitative estimate of drug-likeness (QED) is 0.329. The molecule has 4 aromatic rings. The molecule has 3 N–H and O–H groups in total. The number of nitrogens with one attached hydrogen (secondary N) is 3. The summed E-state index contributed by atoms with van der Waals surface area (Å²) >= 11 is 1.15. The third-order valence-electron chi connectivity index (χ3n) is 4.29. The van der Waals surface area contributed by atoms with Crippen LogP contribution in [0.4, 0.5) is 5.13 Å². The highest BCUT2D eigenvalue weighted by molar-refractivity contribution is 7.15. The molecular weight excluding hydrogens is 400 g/mol. The van der Waals surface area contributed by atoms with E-state index >= 15 is 0 Å². The van der Waals surface area contributed by atoms with Gasteiger partial charge in [0, 0.05) is 28.2 Å². The number of amides is 2. The summed E-state index contributed by atoms with van der Waals surface area (Å²) < 4.78 is 0. The van der Waals surface area contributed by atoms with Crippen molar-refractivity contribution in [2.24, 2.45) is 5.10 Å². The Balaban J connectivity index is 1.32. The van der Waals surface area contributed by atoms with Crippen LogP contribution in [0.25, 0.3) is 10.9 Å². The highest BCUT2D eigenvalue weighted by Gasteiger charge is 2.12. The van der Waals surface area contributed by atoms with Gasteiger partial charge in [-0.2, -0.15) is 5.10 Å². The molecule has 0 fully saturated rings. The average molecular weight is 418 g/mol. The molecule has 2 aromatic carbocycles. The second-order valence-electron chi connectivity index (χ2n) is 6.58. The fraction of sp³-hybridized carbons (Fsp3) is 0.0952. The van der Waals surface area contributed by atoms with Crippen molar-refractivity contribution in [1.29, 1.82) is 0 Å².